The number of hydrogen-bond donors (Lipinski definition) is 1. The van der Waals surface area contributed by atoms with E-state index in [9.17, 15) is 9.59 Å². The second-order valence-corrected chi connectivity index (χ2v) is 8.05. The number of anilines is 2. The van der Waals surface area contributed by atoms with Crippen LogP contribution in [0.3, 0.4) is 0 Å². The summed E-state index contributed by atoms with van der Waals surface area (Å²) in [5, 5.41) is 8.24. The van der Waals surface area contributed by atoms with Gasteiger partial charge in [0.1, 0.15) is 10.0 Å². The highest BCUT2D eigenvalue weighted by Gasteiger charge is 2.28. The summed E-state index contributed by atoms with van der Waals surface area (Å²) >= 11 is 7.70. The molecule has 1 saturated heterocycles. The van der Waals surface area contributed by atoms with Crippen LogP contribution in [0.2, 0.25) is 5.02 Å². The van der Waals surface area contributed by atoms with Gasteiger partial charge in [0.2, 0.25) is 0 Å². The molecule has 10 heteroatoms. The smallest absolute Gasteiger partial charge is 0.292 e. The van der Waals surface area contributed by atoms with Crippen molar-refractivity contribution in [2.75, 3.05) is 43.4 Å². The lowest BCUT2D eigenvalue weighted by Crippen LogP contribution is -2.49. The van der Waals surface area contributed by atoms with Gasteiger partial charge >= 0.3 is 0 Å². The van der Waals surface area contributed by atoms with Gasteiger partial charge in [-0.05, 0) is 30.6 Å². The van der Waals surface area contributed by atoms with Crippen LogP contribution in [0.1, 0.15) is 16.1 Å². The molecule has 1 amide bonds. The summed E-state index contributed by atoms with van der Waals surface area (Å²) in [5.74, 6) is -0.0334. The number of aryl methyl sites for hydroxylation is 1. The zero-order valence-electron chi connectivity index (χ0n) is 16.6. The van der Waals surface area contributed by atoms with Crippen molar-refractivity contribution in [3.05, 3.63) is 63.2 Å². The number of hydrogen-bond acceptors (Lipinski definition) is 7. The highest BCUT2D eigenvalue weighted by Crippen LogP contribution is 2.27. The molecular formula is C20H21ClN6O2S. The number of nitrogens with zero attached hydrogens (tertiary/aromatic N) is 5. The summed E-state index contributed by atoms with van der Waals surface area (Å²) in [4.78, 5) is 29.5. The third kappa shape index (κ3) is 3.66. The number of carbonyl (C=O) groups excluding carboxylic acids is 1. The number of aromatic nitrogens is 3. The summed E-state index contributed by atoms with van der Waals surface area (Å²) in [7, 11) is 1.79. The molecule has 30 heavy (non-hydrogen) atoms. The minimum Gasteiger partial charge on any atom is -0.378 e. The van der Waals surface area contributed by atoms with Crippen LogP contribution < -0.4 is 15.8 Å². The molecule has 2 aromatic heterocycles. The van der Waals surface area contributed by atoms with Gasteiger partial charge in [-0.3, -0.25) is 9.59 Å². The fraction of sp³-hybridized carbons (Fsp3) is 0.300. The standard InChI is InChI=1S/C20H21ClN6O2S/c1-13-16(18(22-2)30-24-13)19(28)26-10-8-25(9-11-26)15-12-23-27(20(29)17(15)21)14-6-4-3-5-7-14/h3-7,12,22H,8-11H2,1-2H3. The fourth-order valence-corrected chi connectivity index (χ4v) is 4.48. The number of carbonyl (C=O) groups is 1. The lowest BCUT2D eigenvalue weighted by Gasteiger charge is -2.36. The first-order valence-electron chi connectivity index (χ1n) is 9.52. The number of rotatable bonds is 4. The largest absolute Gasteiger partial charge is 0.378 e. The number of benzene rings is 1. The molecule has 0 unspecified atom stereocenters. The second kappa shape index (κ2) is 8.45. The van der Waals surface area contributed by atoms with Crippen molar-refractivity contribution < 1.29 is 4.79 Å². The minimum absolute atomic E-state index is 0.0334. The first-order chi connectivity index (χ1) is 14.5. The molecule has 1 aromatic carbocycles. The average molecular weight is 445 g/mol. The fourth-order valence-electron chi connectivity index (χ4n) is 3.50. The normalized spacial score (nSPS) is 14.1. The van der Waals surface area contributed by atoms with E-state index in [1.54, 1.807) is 30.3 Å². The number of nitrogens with one attached hydrogen (secondary N) is 1. The maximum Gasteiger partial charge on any atom is 0.292 e. The van der Waals surface area contributed by atoms with Crippen molar-refractivity contribution in [3.63, 3.8) is 0 Å². The highest BCUT2D eigenvalue weighted by molar-refractivity contribution is 7.10. The molecule has 3 aromatic rings. The zero-order valence-corrected chi connectivity index (χ0v) is 18.2. The third-order valence-corrected chi connectivity index (χ3v) is 6.42. The maximum atomic E-state index is 13.0. The van der Waals surface area contributed by atoms with Crippen LogP contribution in [0.15, 0.2) is 41.3 Å². The van der Waals surface area contributed by atoms with Gasteiger partial charge in [0, 0.05) is 33.2 Å². The molecule has 3 heterocycles. The SMILES string of the molecule is CNc1snc(C)c1C(=O)N1CCN(c2cnn(-c3ccccc3)c(=O)c2Cl)CC1. The Morgan fingerprint density at radius 3 is 2.53 bits per heavy atom. The molecule has 8 nitrogen and oxygen atoms in total. The topological polar surface area (TPSA) is 83.4 Å². The van der Waals surface area contributed by atoms with Crippen LogP contribution in [-0.4, -0.2) is 58.2 Å². The number of amides is 1. The van der Waals surface area contributed by atoms with E-state index in [0.717, 1.165) is 10.7 Å². The Labute approximate surface area is 182 Å². The highest BCUT2D eigenvalue weighted by atomic mass is 35.5. The van der Waals surface area contributed by atoms with E-state index in [4.69, 9.17) is 11.6 Å². The van der Waals surface area contributed by atoms with Crippen molar-refractivity contribution in [2.24, 2.45) is 0 Å². The Bertz CT molecular complexity index is 1120. The van der Waals surface area contributed by atoms with E-state index in [1.165, 1.54) is 16.2 Å². The van der Waals surface area contributed by atoms with Crippen molar-refractivity contribution in [1.29, 1.82) is 0 Å². The summed E-state index contributed by atoms with van der Waals surface area (Å²) in [6.07, 6.45) is 1.61. The molecule has 1 aliphatic heterocycles. The van der Waals surface area contributed by atoms with Gasteiger partial charge in [-0.2, -0.15) is 14.2 Å². The molecule has 1 aliphatic rings. The van der Waals surface area contributed by atoms with E-state index in [1.807, 2.05) is 30.0 Å². The molecule has 0 aliphatic carbocycles. The Hall–Kier alpha value is -2.91. The Kier molecular flexibility index (Phi) is 5.74. The Balaban J connectivity index is 1.51. The molecular weight excluding hydrogens is 424 g/mol. The van der Waals surface area contributed by atoms with Gasteiger partial charge in [0.05, 0.1) is 28.8 Å². The van der Waals surface area contributed by atoms with Crippen LogP contribution in [-0.2, 0) is 0 Å². The third-order valence-electron chi connectivity index (χ3n) is 5.11. The molecule has 156 valence electrons. The lowest BCUT2D eigenvalue weighted by atomic mass is 10.2. The van der Waals surface area contributed by atoms with Gasteiger partial charge in [-0.25, -0.2) is 0 Å². The quantitative estimate of drug-likeness (QED) is 0.666. The number of halogens is 1. The van der Waals surface area contributed by atoms with Crippen LogP contribution in [0.5, 0.6) is 0 Å². The summed E-state index contributed by atoms with van der Waals surface area (Å²) < 4.78 is 5.57. The Morgan fingerprint density at radius 1 is 1.17 bits per heavy atom. The molecule has 0 saturated carbocycles. The predicted molar refractivity (Wildman–Crippen MR) is 119 cm³/mol. The van der Waals surface area contributed by atoms with Gasteiger partial charge in [-0.15, -0.1) is 0 Å². The maximum absolute atomic E-state index is 13.0. The second-order valence-electron chi connectivity index (χ2n) is 6.90. The van der Waals surface area contributed by atoms with E-state index < -0.39 is 0 Å². The van der Waals surface area contributed by atoms with Crippen LogP contribution in [0.25, 0.3) is 5.69 Å². The van der Waals surface area contributed by atoms with Gasteiger partial charge < -0.3 is 15.1 Å². The zero-order chi connectivity index (χ0) is 21.3. The molecule has 0 spiro atoms. The van der Waals surface area contributed by atoms with Crippen LogP contribution in [0.4, 0.5) is 10.7 Å². The van der Waals surface area contributed by atoms with Crippen molar-refractivity contribution in [1.82, 2.24) is 19.1 Å². The van der Waals surface area contributed by atoms with Gasteiger partial charge in [0.25, 0.3) is 11.5 Å². The number of para-hydroxylation sites is 1. The van der Waals surface area contributed by atoms with Crippen LogP contribution in [0, 0.1) is 6.92 Å². The molecule has 0 bridgehead atoms. The first-order valence-corrected chi connectivity index (χ1v) is 10.7. The monoisotopic (exact) mass is 444 g/mol. The summed E-state index contributed by atoms with van der Waals surface area (Å²) in [6, 6.07) is 9.15. The summed E-state index contributed by atoms with van der Waals surface area (Å²) in [6.45, 7) is 4.01. The molecule has 4 rings (SSSR count). The minimum atomic E-state index is -0.363. The van der Waals surface area contributed by atoms with Crippen molar-refractivity contribution in [3.8, 4) is 5.69 Å². The van der Waals surface area contributed by atoms with Crippen molar-refractivity contribution >= 4 is 39.7 Å². The summed E-state index contributed by atoms with van der Waals surface area (Å²) in [5.41, 5.74) is 2.24. The lowest BCUT2D eigenvalue weighted by molar-refractivity contribution is 0.0747. The van der Waals surface area contributed by atoms with E-state index in [-0.39, 0.29) is 16.5 Å². The van der Waals surface area contributed by atoms with Gasteiger partial charge in [0.15, 0.2) is 0 Å². The predicted octanol–water partition coefficient (Wildman–Crippen LogP) is 2.65. The van der Waals surface area contributed by atoms with Gasteiger partial charge in [-0.1, -0.05) is 29.8 Å². The van der Waals surface area contributed by atoms with E-state index in [2.05, 4.69) is 14.8 Å². The molecule has 1 fully saturated rings. The van der Waals surface area contributed by atoms with E-state index in [0.29, 0.717) is 43.1 Å². The number of piperazine rings is 1. The van der Waals surface area contributed by atoms with Crippen molar-refractivity contribution in [2.45, 2.75) is 6.92 Å². The molecule has 0 radical (unpaired) electrons. The molecule has 1 N–H and O–H groups in total. The molecule has 0 atom stereocenters. The van der Waals surface area contributed by atoms with Crippen LogP contribution >= 0.6 is 23.1 Å². The average Bonchev–Trinajstić information content (AvgIpc) is 3.16. The first kappa shape index (κ1) is 20.4. The van der Waals surface area contributed by atoms with E-state index >= 15 is 0 Å². The Morgan fingerprint density at radius 2 is 1.87 bits per heavy atom.